The van der Waals surface area contributed by atoms with Gasteiger partial charge in [-0.1, -0.05) is 42.0 Å². The van der Waals surface area contributed by atoms with Crippen LogP contribution in [0.3, 0.4) is 0 Å². The van der Waals surface area contributed by atoms with Crippen molar-refractivity contribution in [3.05, 3.63) is 77.5 Å². The van der Waals surface area contributed by atoms with Gasteiger partial charge in [0.25, 0.3) is 5.91 Å². The summed E-state index contributed by atoms with van der Waals surface area (Å²) in [6.45, 7) is 6.45. The van der Waals surface area contributed by atoms with Crippen LogP contribution in [0.15, 0.2) is 65.7 Å². The third-order valence-electron chi connectivity index (χ3n) is 5.60. The zero-order valence-electron chi connectivity index (χ0n) is 19.3. The molecule has 0 aliphatic carbocycles. The maximum absolute atomic E-state index is 13.2. The summed E-state index contributed by atoms with van der Waals surface area (Å²) >= 11 is 0. The Labute approximate surface area is 198 Å². The Bertz CT molecular complexity index is 1440. The Morgan fingerprint density at radius 3 is 2.38 bits per heavy atom. The quantitative estimate of drug-likeness (QED) is 0.421. The molecule has 4 aromatic rings. The number of fused-ring (bicyclic) bond motifs is 1. The Hall–Kier alpha value is -3.56. The first kappa shape index (κ1) is 23.6. The number of nitrogens with two attached hydrogens (primary N) is 1. The molecule has 0 spiro atoms. The van der Waals surface area contributed by atoms with E-state index < -0.39 is 10.0 Å². The number of pyridine rings is 1. The molecule has 2 heterocycles. The van der Waals surface area contributed by atoms with Crippen LogP contribution < -0.4 is 10.5 Å². The van der Waals surface area contributed by atoms with Crippen molar-refractivity contribution in [2.45, 2.75) is 38.1 Å². The van der Waals surface area contributed by atoms with Crippen LogP contribution in [0.2, 0.25) is 0 Å². The maximum atomic E-state index is 13.2. The van der Waals surface area contributed by atoms with E-state index in [0.29, 0.717) is 35.3 Å². The monoisotopic (exact) mass is 477 g/mol. The Kier molecular flexibility index (Phi) is 6.49. The fourth-order valence-corrected chi connectivity index (χ4v) is 4.23. The number of carbonyl (C=O) groups excluding carboxylic acids is 1. The molecule has 1 amide bonds. The van der Waals surface area contributed by atoms with E-state index in [-0.39, 0.29) is 16.8 Å². The topological polar surface area (TPSA) is 120 Å². The molecule has 0 saturated carbocycles. The van der Waals surface area contributed by atoms with Gasteiger partial charge < -0.3 is 5.32 Å². The number of sulfonamides is 1. The van der Waals surface area contributed by atoms with Crippen molar-refractivity contribution in [3.8, 4) is 11.3 Å². The molecule has 0 saturated heterocycles. The van der Waals surface area contributed by atoms with Crippen molar-refractivity contribution in [1.82, 2.24) is 20.1 Å². The summed E-state index contributed by atoms with van der Waals surface area (Å²) in [4.78, 5) is 18.1. The molecule has 8 nitrogen and oxygen atoms in total. The third-order valence-corrected chi connectivity index (χ3v) is 6.53. The van der Waals surface area contributed by atoms with E-state index in [1.54, 1.807) is 24.4 Å². The van der Waals surface area contributed by atoms with Crippen LogP contribution in [-0.4, -0.2) is 35.6 Å². The minimum Gasteiger partial charge on any atom is -0.352 e. The highest BCUT2D eigenvalue weighted by atomic mass is 32.2. The number of benzene rings is 2. The van der Waals surface area contributed by atoms with Crippen molar-refractivity contribution in [2.24, 2.45) is 5.14 Å². The number of rotatable bonds is 7. The number of hydrogen-bond donors (Lipinski definition) is 2. The lowest BCUT2D eigenvalue weighted by atomic mass is 10.0. The molecule has 9 heteroatoms. The average molecular weight is 478 g/mol. The van der Waals surface area contributed by atoms with Crippen LogP contribution in [0.5, 0.6) is 0 Å². The van der Waals surface area contributed by atoms with Crippen LogP contribution in [0.4, 0.5) is 0 Å². The lowest BCUT2D eigenvalue weighted by Gasteiger charge is -2.11. The summed E-state index contributed by atoms with van der Waals surface area (Å²) in [7, 11) is -3.73. The molecule has 0 aliphatic rings. The Balaban J connectivity index is 1.59. The maximum Gasteiger partial charge on any atom is 0.252 e. The molecule has 0 aliphatic heterocycles. The predicted molar refractivity (Wildman–Crippen MR) is 132 cm³/mol. The van der Waals surface area contributed by atoms with Crippen LogP contribution in [0.1, 0.15) is 41.4 Å². The van der Waals surface area contributed by atoms with Gasteiger partial charge in [-0.3, -0.25) is 4.79 Å². The van der Waals surface area contributed by atoms with Crippen LogP contribution in [0.25, 0.3) is 22.3 Å². The van der Waals surface area contributed by atoms with Gasteiger partial charge in [0, 0.05) is 18.2 Å². The number of hydrogen-bond acceptors (Lipinski definition) is 5. The summed E-state index contributed by atoms with van der Waals surface area (Å²) in [5.41, 5.74) is 4.84. The van der Waals surface area contributed by atoms with Crippen LogP contribution in [0, 0.1) is 6.92 Å². The molecule has 2 aromatic heterocycles. The highest BCUT2D eigenvalue weighted by Crippen LogP contribution is 2.26. The van der Waals surface area contributed by atoms with Gasteiger partial charge in [0.2, 0.25) is 10.0 Å². The van der Waals surface area contributed by atoms with Gasteiger partial charge in [-0.2, -0.15) is 5.10 Å². The van der Waals surface area contributed by atoms with E-state index in [1.807, 2.05) is 49.7 Å². The Morgan fingerprint density at radius 2 is 1.76 bits per heavy atom. The van der Waals surface area contributed by atoms with Crippen molar-refractivity contribution in [3.63, 3.8) is 0 Å². The van der Waals surface area contributed by atoms with Crippen molar-refractivity contribution >= 4 is 27.0 Å². The zero-order chi connectivity index (χ0) is 24.5. The molecule has 4 rings (SSSR count). The first-order valence-electron chi connectivity index (χ1n) is 11.0. The molecule has 0 radical (unpaired) electrons. The molecule has 0 fully saturated rings. The first-order valence-corrected chi connectivity index (χ1v) is 12.5. The van der Waals surface area contributed by atoms with Crippen molar-refractivity contribution < 1.29 is 13.2 Å². The largest absolute Gasteiger partial charge is 0.352 e. The number of nitrogens with one attached hydrogen (secondary N) is 1. The van der Waals surface area contributed by atoms with E-state index in [1.165, 1.54) is 12.1 Å². The second-order valence-corrected chi connectivity index (χ2v) is 10.1. The summed E-state index contributed by atoms with van der Waals surface area (Å²) in [5, 5.41) is 13.3. The summed E-state index contributed by atoms with van der Waals surface area (Å²) in [5.74, 6) is -0.217. The minimum absolute atomic E-state index is 0.0604. The third kappa shape index (κ3) is 5.00. The zero-order valence-corrected chi connectivity index (χ0v) is 20.1. The molecule has 0 bridgehead atoms. The van der Waals surface area contributed by atoms with Gasteiger partial charge >= 0.3 is 0 Å². The fraction of sp³-hybridized carbons (Fsp3) is 0.240. The fourth-order valence-electron chi connectivity index (χ4n) is 3.72. The predicted octanol–water partition coefficient (Wildman–Crippen LogP) is 3.61. The normalized spacial score (nSPS) is 11.8. The van der Waals surface area contributed by atoms with Gasteiger partial charge in [0.1, 0.15) is 0 Å². The van der Waals surface area contributed by atoms with Gasteiger partial charge in [-0.15, -0.1) is 0 Å². The van der Waals surface area contributed by atoms with E-state index in [9.17, 15) is 13.2 Å². The number of carbonyl (C=O) groups is 1. The first-order chi connectivity index (χ1) is 16.1. The number of aryl methyl sites for hydroxylation is 1. The van der Waals surface area contributed by atoms with Crippen LogP contribution >= 0.6 is 0 Å². The number of aromatic nitrogens is 3. The van der Waals surface area contributed by atoms with E-state index in [0.717, 1.165) is 16.7 Å². The molecule has 176 valence electrons. The molecule has 0 unspecified atom stereocenters. The molecule has 2 aromatic carbocycles. The highest BCUT2D eigenvalue weighted by Gasteiger charge is 2.18. The minimum atomic E-state index is -3.73. The molecule has 0 atom stereocenters. The van der Waals surface area contributed by atoms with Gasteiger partial charge in [0.15, 0.2) is 5.65 Å². The van der Waals surface area contributed by atoms with Crippen molar-refractivity contribution in [2.75, 3.05) is 6.54 Å². The number of primary sulfonamides is 1. The lowest BCUT2D eigenvalue weighted by molar-refractivity contribution is 0.0955. The standard InChI is InChI=1S/C25H27N5O3S/c1-16(2)30-24-22(15-28-30)21(14-23(29-24)19-8-4-17(3)5-9-19)25(31)27-13-12-18-6-10-20(11-7-18)34(26,32)33/h4-11,14-16H,12-13H2,1-3H3,(H,27,31)(H2,26,32,33). The molecular formula is C25H27N5O3S. The highest BCUT2D eigenvalue weighted by molar-refractivity contribution is 7.89. The van der Waals surface area contributed by atoms with Crippen LogP contribution in [-0.2, 0) is 16.4 Å². The van der Waals surface area contributed by atoms with Gasteiger partial charge in [-0.25, -0.2) is 23.2 Å². The second kappa shape index (κ2) is 9.36. The summed E-state index contributed by atoms with van der Waals surface area (Å²) in [6, 6.07) is 16.2. The van der Waals surface area contributed by atoms with Gasteiger partial charge in [-0.05, 0) is 51.0 Å². The van der Waals surface area contributed by atoms with E-state index in [4.69, 9.17) is 10.1 Å². The lowest BCUT2D eigenvalue weighted by Crippen LogP contribution is -2.26. The van der Waals surface area contributed by atoms with E-state index >= 15 is 0 Å². The number of nitrogens with zero attached hydrogens (tertiary/aromatic N) is 3. The molecular weight excluding hydrogens is 450 g/mol. The smallest absolute Gasteiger partial charge is 0.252 e. The summed E-state index contributed by atoms with van der Waals surface area (Å²) in [6.07, 6.45) is 2.23. The second-order valence-electron chi connectivity index (χ2n) is 8.54. The molecule has 3 N–H and O–H groups in total. The number of amides is 1. The van der Waals surface area contributed by atoms with Crippen molar-refractivity contribution in [1.29, 1.82) is 0 Å². The SMILES string of the molecule is Cc1ccc(-c2cc(C(=O)NCCc3ccc(S(N)(=O)=O)cc3)c3cnn(C(C)C)c3n2)cc1. The molecule has 34 heavy (non-hydrogen) atoms. The van der Waals surface area contributed by atoms with Gasteiger partial charge in [0.05, 0.1) is 27.7 Å². The summed E-state index contributed by atoms with van der Waals surface area (Å²) < 4.78 is 24.6. The average Bonchev–Trinajstić information content (AvgIpc) is 3.23. The Morgan fingerprint density at radius 1 is 1.09 bits per heavy atom. The van der Waals surface area contributed by atoms with E-state index in [2.05, 4.69) is 10.4 Å².